The quantitative estimate of drug-likeness (QED) is 0.0512. The molecule has 0 aromatic rings. The zero-order valence-corrected chi connectivity index (χ0v) is 33.7. The van der Waals surface area contributed by atoms with Crippen molar-refractivity contribution in [1.82, 2.24) is 4.90 Å². The van der Waals surface area contributed by atoms with Crippen molar-refractivity contribution in [3.8, 4) is 0 Å². The highest BCUT2D eigenvalue weighted by molar-refractivity contribution is 5.69. The smallest absolute Gasteiger partial charge is 0.306 e. The fourth-order valence-electron chi connectivity index (χ4n) is 7.85. The van der Waals surface area contributed by atoms with Gasteiger partial charge in [-0.15, -0.1) is 0 Å². The van der Waals surface area contributed by atoms with Crippen LogP contribution in [0.5, 0.6) is 0 Å². The average Bonchev–Trinajstić information content (AvgIpc) is 3.49. The second-order valence-corrected chi connectivity index (χ2v) is 15.8. The molecule has 1 rings (SSSR count). The van der Waals surface area contributed by atoms with E-state index >= 15 is 0 Å². The van der Waals surface area contributed by atoms with Gasteiger partial charge in [0.2, 0.25) is 0 Å². The third-order valence-electron chi connectivity index (χ3n) is 11.0. The highest BCUT2D eigenvalue weighted by atomic mass is 16.5. The Kier molecular flexibility index (Phi) is 32.7. The summed E-state index contributed by atoms with van der Waals surface area (Å²) in [6, 6.07) is 0. The van der Waals surface area contributed by atoms with Crippen LogP contribution in [0.4, 0.5) is 0 Å². The minimum atomic E-state index is -0.0288. The Labute approximate surface area is 311 Å². The van der Waals surface area contributed by atoms with Gasteiger partial charge in [-0.3, -0.25) is 9.59 Å². The van der Waals surface area contributed by atoms with Gasteiger partial charge in [-0.1, -0.05) is 149 Å². The van der Waals surface area contributed by atoms with E-state index < -0.39 is 0 Å². The van der Waals surface area contributed by atoms with E-state index in [9.17, 15) is 14.7 Å². The van der Waals surface area contributed by atoms with Crippen molar-refractivity contribution >= 4 is 11.9 Å². The topological polar surface area (TPSA) is 76.1 Å². The van der Waals surface area contributed by atoms with E-state index in [2.05, 4.69) is 25.7 Å². The van der Waals surface area contributed by atoms with Gasteiger partial charge in [0.25, 0.3) is 0 Å². The van der Waals surface area contributed by atoms with Crippen molar-refractivity contribution in [3.63, 3.8) is 0 Å². The Hall–Kier alpha value is -1.14. The fraction of sp³-hybridized carbons (Fsp3) is 0.955. The van der Waals surface area contributed by atoms with E-state index in [0.717, 1.165) is 77.4 Å². The van der Waals surface area contributed by atoms with Gasteiger partial charge in [-0.05, 0) is 69.6 Å². The number of carbonyl (C=O) groups is 2. The number of rotatable bonds is 37. The molecule has 1 N–H and O–H groups in total. The summed E-state index contributed by atoms with van der Waals surface area (Å²) in [4.78, 5) is 27.4. The van der Waals surface area contributed by atoms with E-state index in [0.29, 0.717) is 31.3 Å². The van der Waals surface area contributed by atoms with Crippen molar-refractivity contribution in [3.05, 3.63) is 0 Å². The third-order valence-corrected chi connectivity index (χ3v) is 11.0. The van der Waals surface area contributed by atoms with Gasteiger partial charge >= 0.3 is 11.9 Å². The van der Waals surface area contributed by atoms with Crippen LogP contribution in [-0.4, -0.2) is 60.9 Å². The highest BCUT2D eigenvalue weighted by Gasteiger charge is 2.31. The van der Waals surface area contributed by atoms with Crippen LogP contribution in [-0.2, 0) is 19.1 Å². The van der Waals surface area contributed by atoms with Crippen molar-refractivity contribution in [1.29, 1.82) is 0 Å². The highest BCUT2D eigenvalue weighted by Crippen LogP contribution is 2.32. The summed E-state index contributed by atoms with van der Waals surface area (Å²) in [5.74, 6) is 1.32. The maximum absolute atomic E-state index is 12.8. The van der Waals surface area contributed by atoms with Gasteiger partial charge in [-0.25, -0.2) is 0 Å². The Balaban J connectivity index is 2.28. The lowest BCUT2D eigenvalue weighted by Gasteiger charge is -2.19. The molecular weight excluding hydrogens is 622 g/mol. The van der Waals surface area contributed by atoms with Gasteiger partial charge < -0.3 is 19.5 Å². The lowest BCUT2D eigenvalue weighted by molar-refractivity contribution is -0.150. The monoisotopic (exact) mass is 708 g/mol. The number of ether oxygens (including phenoxy) is 2. The number of aliphatic hydroxyl groups is 1. The molecule has 0 saturated carbocycles. The first-order valence-electron chi connectivity index (χ1n) is 22.2. The number of β-amino-alcohol motifs (C(OH)–C–C–N with tert-alkyl or cyclic N) is 1. The van der Waals surface area contributed by atoms with Crippen LogP contribution in [0.25, 0.3) is 0 Å². The van der Waals surface area contributed by atoms with Crippen molar-refractivity contribution in [2.75, 3.05) is 32.8 Å². The molecule has 0 amide bonds. The number of aliphatic hydroxyl groups excluding tert-OH is 1. The standard InChI is InChI=1S/C44H85NO5/c1-4-7-10-13-16-19-28-37-49-43(47)33-26-20-22-29-40-38-45(35-36-46)39-41(40)30-23-21-27-34-44(48)50-42(31-24-17-14-11-8-5-2)32-25-18-15-12-9-6-3/h40-42,46H,4-39H2,1-3H3. The van der Waals surface area contributed by atoms with Crippen molar-refractivity contribution in [2.24, 2.45) is 11.8 Å². The molecule has 50 heavy (non-hydrogen) atoms. The maximum Gasteiger partial charge on any atom is 0.306 e. The van der Waals surface area contributed by atoms with E-state index in [-0.39, 0.29) is 24.6 Å². The molecule has 0 aromatic carbocycles. The number of hydrogen-bond acceptors (Lipinski definition) is 6. The average molecular weight is 708 g/mol. The molecule has 0 aliphatic carbocycles. The molecule has 0 radical (unpaired) electrons. The third kappa shape index (κ3) is 27.5. The fourth-order valence-corrected chi connectivity index (χ4v) is 7.85. The van der Waals surface area contributed by atoms with Crippen LogP contribution >= 0.6 is 0 Å². The normalized spacial score (nSPS) is 16.4. The summed E-state index contributed by atoms with van der Waals surface area (Å²) >= 11 is 0. The lowest BCUT2D eigenvalue weighted by Crippen LogP contribution is -2.24. The van der Waals surface area contributed by atoms with Gasteiger partial charge in [0, 0.05) is 32.5 Å². The second-order valence-electron chi connectivity index (χ2n) is 15.8. The van der Waals surface area contributed by atoms with Crippen molar-refractivity contribution < 1.29 is 24.2 Å². The molecule has 2 atom stereocenters. The zero-order chi connectivity index (χ0) is 36.3. The van der Waals surface area contributed by atoms with Gasteiger partial charge in [0.1, 0.15) is 6.10 Å². The number of likely N-dealkylation sites (tertiary alicyclic amines) is 1. The molecule has 1 fully saturated rings. The van der Waals surface area contributed by atoms with Gasteiger partial charge in [0.15, 0.2) is 0 Å². The van der Waals surface area contributed by atoms with E-state index in [1.165, 1.54) is 128 Å². The predicted octanol–water partition coefficient (Wildman–Crippen LogP) is 12.1. The minimum absolute atomic E-state index is 0.0153. The Morgan fingerprint density at radius 2 is 0.980 bits per heavy atom. The summed E-state index contributed by atoms with van der Waals surface area (Å²) in [7, 11) is 0. The molecule has 1 saturated heterocycles. The number of hydrogen-bond donors (Lipinski definition) is 1. The Morgan fingerprint density at radius 3 is 1.46 bits per heavy atom. The zero-order valence-electron chi connectivity index (χ0n) is 33.7. The van der Waals surface area contributed by atoms with Crippen LogP contribution in [0.3, 0.4) is 0 Å². The summed E-state index contributed by atoms with van der Waals surface area (Å²) in [5, 5.41) is 9.55. The molecule has 6 heteroatoms. The van der Waals surface area contributed by atoms with E-state index in [4.69, 9.17) is 9.47 Å². The number of esters is 2. The lowest BCUT2D eigenvalue weighted by atomic mass is 9.87. The largest absolute Gasteiger partial charge is 0.466 e. The number of carbonyl (C=O) groups excluding carboxylic acids is 2. The molecule has 296 valence electrons. The Morgan fingerprint density at radius 1 is 0.560 bits per heavy atom. The van der Waals surface area contributed by atoms with Crippen LogP contribution in [0.1, 0.15) is 220 Å². The van der Waals surface area contributed by atoms with Crippen LogP contribution in [0, 0.1) is 11.8 Å². The predicted molar refractivity (Wildman–Crippen MR) is 211 cm³/mol. The first-order chi connectivity index (χ1) is 24.5. The number of nitrogens with zero attached hydrogens (tertiary/aromatic N) is 1. The van der Waals surface area contributed by atoms with Gasteiger partial charge in [0.05, 0.1) is 13.2 Å². The summed E-state index contributed by atoms with van der Waals surface area (Å²) in [6.07, 6.45) is 36.0. The molecule has 0 aromatic heterocycles. The van der Waals surface area contributed by atoms with E-state index in [1.54, 1.807) is 0 Å². The van der Waals surface area contributed by atoms with E-state index in [1.807, 2.05) is 0 Å². The molecular formula is C44H85NO5. The molecule has 1 aliphatic heterocycles. The van der Waals surface area contributed by atoms with Crippen LogP contribution < -0.4 is 0 Å². The maximum atomic E-state index is 12.8. The van der Waals surface area contributed by atoms with Crippen LogP contribution in [0.15, 0.2) is 0 Å². The molecule has 0 spiro atoms. The second kappa shape index (κ2) is 34.9. The van der Waals surface area contributed by atoms with Gasteiger partial charge in [-0.2, -0.15) is 0 Å². The first kappa shape index (κ1) is 46.9. The van der Waals surface area contributed by atoms with Crippen LogP contribution in [0.2, 0.25) is 0 Å². The SMILES string of the molecule is CCCCCCCCCOC(=O)CCCCCC1CN(CCO)CC1CCCCCC(=O)OC(CCCCCCCC)CCCCCCCC. The molecule has 1 heterocycles. The van der Waals surface area contributed by atoms with Crippen molar-refractivity contribution in [2.45, 2.75) is 226 Å². The summed E-state index contributed by atoms with van der Waals surface area (Å²) in [5.41, 5.74) is 0. The summed E-state index contributed by atoms with van der Waals surface area (Å²) < 4.78 is 11.5. The number of unbranched alkanes of at least 4 members (excludes halogenated alkanes) is 20. The molecule has 6 nitrogen and oxygen atoms in total. The Bertz CT molecular complexity index is 745. The first-order valence-corrected chi connectivity index (χ1v) is 22.2. The molecule has 0 bridgehead atoms. The molecule has 1 aliphatic rings. The minimum Gasteiger partial charge on any atom is -0.466 e. The summed E-state index contributed by atoms with van der Waals surface area (Å²) in [6.45, 7) is 10.5. The molecule has 2 unspecified atom stereocenters.